The van der Waals surface area contributed by atoms with E-state index in [1.165, 1.54) is 38.9 Å². The van der Waals surface area contributed by atoms with Gasteiger partial charge in [-0.05, 0) is 105 Å². The number of hydrogen-bond donors (Lipinski definition) is 0. The lowest BCUT2D eigenvalue weighted by Crippen LogP contribution is -2.16. The molecule has 0 radical (unpaired) electrons. The molecule has 0 spiro atoms. The summed E-state index contributed by atoms with van der Waals surface area (Å²) in [5.41, 5.74) is 16.5. The third-order valence-corrected chi connectivity index (χ3v) is 11.4. The van der Waals surface area contributed by atoms with E-state index < -0.39 is 0 Å². The van der Waals surface area contributed by atoms with E-state index in [4.69, 9.17) is 8.83 Å². The quantitative estimate of drug-likeness (QED) is 0.180. The van der Waals surface area contributed by atoms with Gasteiger partial charge in [0.25, 0.3) is 0 Å². The second-order valence-electron chi connectivity index (χ2n) is 15.0. The third kappa shape index (κ3) is 4.68. The smallest absolute Gasteiger partial charge is 0.137 e. The summed E-state index contributed by atoms with van der Waals surface area (Å²) in [5, 5.41) is 4.24. The van der Waals surface area contributed by atoms with Gasteiger partial charge in [0.1, 0.15) is 22.3 Å². The SMILES string of the molecule is CC1(C)c2ccccc2-c2ccc(N(c3cccc(-c4ccccc4)c3)c3ccc4c(c3)oc3cc5c(cc34)oc3ccc(-c4ccccc4)cc35)cc21. The highest BCUT2D eigenvalue weighted by molar-refractivity contribution is 6.15. The van der Waals surface area contributed by atoms with Gasteiger partial charge < -0.3 is 13.7 Å². The maximum atomic E-state index is 6.73. The molecule has 54 heavy (non-hydrogen) atoms. The summed E-state index contributed by atoms with van der Waals surface area (Å²) < 4.78 is 13.2. The van der Waals surface area contributed by atoms with Crippen LogP contribution >= 0.6 is 0 Å². The summed E-state index contributed by atoms with van der Waals surface area (Å²) in [4.78, 5) is 2.36. The molecule has 0 fully saturated rings. The minimum Gasteiger partial charge on any atom is -0.456 e. The Hall–Kier alpha value is -6.84. The van der Waals surface area contributed by atoms with Crippen LogP contribution in [0.3, 0.4) is 0 Å². The Morgan fingerprint density at radius 3 is 1.69 bits per heavy atom. The molecule has 11 rings (SSSR count). The third-order valence-electron chi connectivity index (χ3n) is 11.4. The number of anilines is 3. The molecule has 1 aliphatic carbocycles. The molecular formula is C51H35NO2. The highest BCUT2D eigenvalue weighted by atomic mass is 16.3. The van der Waals surface area contributed by atoms with Gasteiger partial charge in [0, 0.05) is 50.1 Å². The minimum absolute atomic E-state index is 0.120. The van der Waals surface area contributed by atoms with Crippen LogP contribution in [-0.4, -0.2) is 0 Å². The van der Waals surface area contributed by atoms with Crippen LogP contribution in [0.1, 0.15) is 25.0 Å². The molecule has 0 aliphatic heterocycles. The number of fused-ring (bicyclic) bond motifs is 9. The van der Waals surface area contributed by atoms with E-state index in [9.17, 15) is 0 Å². The van der Waals surface area contributed by atoms with Crippen molar-refractivity contribution >= 4 is 60.9 Å². The number of rotatable bonds is 5. The lowest BCUT2D eigenvalue weighted by atomic mass is 9.82. The Morgan fingerprint density at radius 1 is 0.352 bits per heavy atom. The molecule has 0 atom stereocenters. The second-order valence-corrected chi connectivity index (χ2v) is 15.0. The van der Waals surface area contributed by atoms with Crippen LogP contribution in [-0.2, 0) is 5.41 Å². The van der Waals surface area contributed by atoms with Crippen LogP contribution in [0.25, 0.3) is 77.3 Å². The lowest BCUT2D eigenvalue weighted by molar-refractivity contribution is 0.660. The zero-order valence-corrected chi connectivity index (χ0v) is 30.0. The molecule has 0 amide bonds. The van der Waals surface area contributed by atoms with E-state index in [2.05, 4.69) is 189 Å². The fourth-order valence-corrected chi connectivity index (χ4v) is 8.72. The molecule has 2 aromatic heterocycles. The fraction of sp³-hybridized carbons (Fsp3) is 0.0588. The molecule has 256 valence electrons. The fourth-order valence-electron chi connectivity index (χ4n) is 8.72. The van der Waals surface area contributed by atoms with Crippen molar-refractivity contribution in [3.05, 3.63) is 187 Å². The van der Waals surface area contributed by atoms with E-state index in [1.54, 1.807) is 0 Å². The van der Waals surface area contributed by atoms with E-state index in [0.29, 0.717) is 0 Å². The van der Waals surface area contributed by atoms with Crippen LogP contribution in [0.2, 0.25) is 0 Å². The van der Waals surface area contributed by atoms with E-state index in [1.807, 2.05) is 6.07 Å². The number of furan rings is 2. The molecule has 8 aromatic carbocycles. The van der Waals surface area contributed by atoms with Crippen molar-refractivity contribution < 1.29 is 8.83 Å². The van der Waals surface area contributed by atoms with Crippen molar-refractivity contribution in [3.8, 4) is 33.4 Å². The molecule has 3 nitrogen and oxygen atoms in total. The van der Waals surface area contributed by atoms with Gasteiger partial charge in [0.15, 0.2) is 0 Å². The molecular weight excluding hydrogens is 659 g/mol. The summed E-state index contributed by atoms with van der Waals surface area (Å²) >= 11 is 0. The molecule has 3 heteroatoms. The lowest BCUT2D eigenvalue weighted by Gasteiger charge is -2.28. The number of nitrogens with zero attached hydrogens (tertiary/aromatic N) is 1. The van der Waals surface area contributed by atoms with Crippen molar-refractivity contribution in [2.45, 2.75) is 19.3 Å². The van der Waals surface area contributed by atoms with Crippen LogP contribution in [0, 0.1) is 0 Å². The summed E-state index contributed by atoms with van der Waals surface area (Å²) in [6.07, 6.45) is 0. The molecule has 10 aromatic rings. The van der Waals surface area contributed by atoms with Crippen molar-refractivity contribution in [1.82, 2.24) is 0 Å². The van der Waals surface area contributed by atoms with Crippen LogP contribution in [0.4, 0.5) is 17.1 Å². The van der Waals surface area contributed by atoms with Crippen molar-refractivity contribution in [2.75, 3.05) is 4.90 Å². The van der Waals surface area contributed by atoms with E-state index in [-0.39, 0.29) is 5.41 Å². The first kappa shape index (κ1) is 30.8. The van der Waals surface area contributed by atoms with Crippen molar-refractivity contribution in [2.24, 2.45) is 0 Å². The zero-order valence-electron chi connectivity index (χ0n) is 30.0. The molecule has 0 saturated heterocycles. The zero-order chi connectivity index (χ0) is 36.0. The van der Waals surface area contributed by atoms with Crippen LogP contribution < -0.4 is 4.90 Å². The first-order chi connectivity index (χ1) is 26.5. The Morgan fingerprint density at radius 2 is 0.907 bits per heavy atom. The summed E-state index contributed by atoms with van der Waals surface area (Å²) in [6.45, 7) is 4.68. The van der Waals surface area contributed by atoms with Crippen molar-refractivity contribution in [1.29, 1.82) is 0 Å². The Kier molecular flexibility index (Phi) is 6.60. The average Bonchev–Trinajstić information content (AvgIpc) is 3.84. The molecule has 2 heterocycles. The highest BCUT2D eigenvalue weighted by Gasteiger charge is 2.35. The molecule has 0 N–H and O–H groups in total. The van der Waals surface area contributed by atoms with Gasteiger partial charge in [0.2, 0.25) is 0 Å². The maximum Gasteiger partial charge on any atom is 0.137 e. The summed E-state index contributed by atoms with van der Waals surface area (Å²) in [7, 11) is 0. The van der Waals surface area contributed by atoms with Gasteiger partial charge in [-0.15, -0.1) is 0 Å². The standard InChI is InChI=1S/C51H35NO2/c1-51(2)45-19-10-9-18-39(45)40-23-21-37(28-46(40)51)52(36-17-11-16-34(26-36)32-12-5-3-6-13-32)38-22-24-41-43-30-50-44(31-49(43)54-48(41)29-38)42-27-35(20-25-47(42)53-50)33-14-7-4-8-15-33/h3-31H,1-2H3. The van der Waals surface area contributed by atoms with Gasteiger partial charge in [-0.1, -0.05) is 123 Å². The Balaban J connectivity index is 1.07. The Labute approximate surface area is 313 Å². The molecule has 0 unspecified atom stereocenters. The molecule has 1 aliphatic rings. The van der Waals surface area contributed by atoms with Gasteiger partial charge in [0.05, 0.1) is 0 Å². The molecule has 0 saturated carbocycles. The van der Waals surface area contributed by atoms with Crippen LogP contribution in [0.5, 0.6) is 0 Å². The second kappa shape index (κ2) is 11.6. The average molecular weight is 694 g/mol. The summed E-state index contributed by atoms with van der Waals surface area (Å²) in [6, 6.07) is 63.0. The minimum atomic E-state index is -0.120. The van der Waals surface area contributed by atoms with E-state index >= 15 is 0 Å². The number of hydrogen-bond acceptors (Lipinski definition) is 3. The van der Waals surface area contributed by atoms with Gasteiger partial charge in [-0.2, -0.15) is 0 Å². The predicted molar refractivity (Wildman–Crippen MR) is 224 cm³/mol. The monoisotopic (exact) mass is 693 g/mol. The van der Waals surface area contributed by atoms with Gasteiger partial charge >= 0.3 is 0 Å². The normalized spacial score (nSPS) is 13.1. The first-order valence-electron chi connectivity index (χ1n) is 18.6. The topological polar surface area (TPSA) is 29.5 Å². The van der Waals surface area contributed by atoms with Gasteiger partial charge in [-0.3, -0.25) is 0 Å². The van der Waals surface area contributed by atoms with Gasteiger partial charge in [-0.25, -0.2) is 0 Å². The van der Waals surface area contributed by atoms with E-state index in [0.717, 1.165) is 66.5 Å². The van der Waals surface area contributed by atoms with Crippen molar-refractivity contribution in [3.63, 3.8) is 0 Å². The molecule has 0 bridgehead atoms. The maximum absolute atomic E-state index is 6.73. The largest absolute Gasteiger partial charge is 0.456 e. The first-order valence-corrected chi connectivity index (χ1v) is 18.6. The predicted octanol–water partition coefficient (Wildman–Crippen LogP) is 14.6. The Bertz CT molecular complexity index is 3080. The number of benzene rings is 8. The summed E-state index contributed by atoms with van der Waals surface area (Å²) in [5.74, 6) is 0. The highest BCUT2D eigenvalue weighted by Crippen LogP contribution is 2.51. The van der Waals surface area contributed by atoms with Crippen LogP contribution in [0.15, 0.2) is 185 Å².